The molecule has 0 amide bonds. The largest absolute Gasteiger partial charge is 0.394 e. The van der Waals surface area contributed by atoms with Crippen LogP contribution in [-0.4, -0.2) is 43.3 Å². The van der Waals surface area contributed by atoms with Crippen molar-refractivity contribution in [2.75, 3.05) is 17.2 Å². The van der Waals surface area contributed by atoms with Crippen molar-refractivity contribution >= 4 is 17.5 Å². The van der Waals surface area contributed by atoms with E-state index in [9.17, 15) is 9.90 Å². The maximum Gasteiger partial charge on any atom is 0.205 e. The van der Waals surface area contributed by atoms with Crippen molar-refractivity contribution in [3.8, 4) is 11.4 Å². The van der Waals surface area contributed by atoms with E-state index < -0.39 is 0 Å². The van der Waals surface area contributed by atoms with Gasteiger partial charge in [0.15, 0.2) is 17.3 Å². The van der Waals surface area contributed by atoms with Crippen molar-refractivity contribution in [1.29, 1.82) is 0 Å². The number of anilines is 2. The Hall–Kier alpha value is -3.00. The van der Waals surface area contributed by atoms with Gasteiger partial charge in [-0.05, 0) is 44.2 Å². The van der Waals surface area contributed by atoms with Gasteiger partial charge in [0, 0.05) is 18.2 Å². The number of carbonyl (C=O) groups is 1. The molecule has 3 rings (SSSR count). The van der Waals surface area contributed by atoms with Crippen LogP contribution in [0.5, 0.6) is 0 Å². The van der Waals surface area contributed by atoms with E-state index in [1.54, 1.807) is 6.92 Å². The zero-order chi connectivity index (χ0) is 24.3. The molecule has 0 fully saturated rings. The number of hydrogen-bond donors (Lipinski definition) is 3. The predicted octanol–water partition coefficient (Wildman–Crippen LogP) is 4.73. The summed E-state index contributed by atoms with van der Waals surface area (Å²) >= 11 is 0. The summed E-state index contributed by atoms with van der Waals surface area (Å²) in [6.07, 6.45) is 0. The number of fused-ring (bicyclic) bond motifs is 1. The molecule has 3 N–H and O–H groups in total. The lowest BCUT2D eigenvalue weighted by Crippen LogP contribution is -2.32. The van der Waals surface area contributed by atoms with Crippen LogP contribution >= 0.6 is 0 Å². The quantitative estimate of drug-likeness (QED) is 0.382. The van der Waals surface area contributed by atoms with E-state index >= 15 is 0 Å². The summed E-state index contributed by atoms with van der Waals surface area (Å²) < 4.78 is 2.12. The summed E-state index contributed by atoms with van der Waals surface area (Å²) in [5.41, 5.74) is 4.23. The third kappa shape index (κ3) is 5.33. The molecule has 8 nitrogen and oxygen atoms in total. The highest BCUT2D eigenvalue weighted by Gasteiger charge is 2.29. The van der Waals surface area contributed by atoms with Crippen LogP contribution in [0, 0.1) is 5.92 Å². The number of ketones is 1. The Morgan fingerprint density at radius 3 is 2.42 bits per heavy atom. The first-order valence-corrected chi connectivity index (χ1v) is 11.6. The molecule has 178 valence electrons. The number of aromatic nitrogens is 4. The normalized spacial score (nSPS) is 12.7. The van der Waals surface area contributed by atoms with Gasteiger partial charge in [0.05, 0.1) is 24.0 Å². The van der Waals surface area contributed by atoms with Crippen LogP contribution < -0.4 is 10.6 Å². The van der Waals surface area contributed by atoms with Gasteiger partial charge in [-0.3, -0.25) is 4.79 Å². The fourth-order valence-electron chi connectivity index (χ4n) is 3.83. The average molecular weight is 453 g/mol. The minimum Gasteiger partial charge on any atom is -0.394 e. The lowest BCUT2D eigenvalue weighted by Gasteiger charge is -2.28. The third-order valence-electron chi connectivity index (χ3n) is 5.81. The van der Waals surface area contributed by atoms with E-state index in [0.717, 1.165) is 17.0 Å². The second-order valence-corrected chi connectivity index (χ2v) is 9.47. The van der Waals surface area contributed by atoms with Gasteiger partial charge >= 0.3 is 0 Å². The molecule has 1 aromatic rings. The van der Waals surface area contributed by atoms with Gasteiger partial charge in [0.2, 0.25) is 5.95 Å². The first-order chi connectivity index (χ1) is 15.6. The van der Waals surface area contributed by atoms with Crippen LogP contribution in [0.15, 0.2) is 24.3 Å². The van der Waals surface area contributed by atoms with Gasteiger partial charge < -0.3 is 20.3 Å². The molecule has 1 unspecified atom stereocenters. The maximum absolute atomic E-state index is 11.8. The van der Waals surface area contributed by atoms with E-state index in [2.05, 4.69) is 66.9 Å². The molecule has 1 aromatic carbocycles. The standard InChI is InChI=1S/C25H36N6O2/c1-14(2)20(13-32)27-25-28-24(26-12-18-9-8-10-19(11-18)17(7)33)22-23(31(25)16(5)6)21(15(3)4)29-30-22/h8-11,14-16,20,26,32H,12-13H2,1-7H3,(H,27,28). The van der Waals surface area contributed by atoms with E-state index in [-0.39, 0.29) is 36.3 Å². The van der Waals surface area contributed by atoms with Crippen molar-refractivity contribution in [2.45, 2.75) is 73.0 Å². The number of nitrogens with one attached hydrogen (secondary N) is 2. The van der Waals surface area contributed by atoms with Crippen LogP contribution in [0.1, 0.15) is 82.0 Å². The summed E-state index contributed by atoms with van der Waals surface area (Å²) in [4.78, 5) is 16.7. The molecule has 2 aliphatic rings. The third-order valence-corrected chi connectivity index (χ3v) is 5.81. The smallest absolute Gasteiger partial charge is 0.205 e. The van der Waals surface area contributed by atoms with Crippen molar-refractivity contribution in [1.82, 2.24) is 19.7 Å². The highest BCUT2D eigenvalue weighted by atomic mass is 16.3. The van der Waals surface area contributed by atoms with Gasteiger partial charge in [0.1, 0.15) is 0 Å². The van der Waals surface area contributed by atoms with E-state index in [0.29, 0.717) is 29.6 Å². The average Bonchev–Trinajstić information content (AvgIpc) is 3.20. The van der Waals surface area contributed by atoms with E-state index in [1.165, 1.54) is 0 Å². The van der Waals surface area contributed by atoms with Crippen molar-refractivity contribution in [3.05, 3.63) is 41.1 Å². The summed E-state index contributed by atoms with van der Waals surface area (Å²) in [5, 5.41) is 25.8. The van der Waals surface area contributed by atoms with Crippen LogP contribution in [0.2, 0.25) is 0 Å². The molecule has 8 heteroatoms. The molecular formula is C25H36N6O2. The second-order valence-electron chi connectivity index (χ2n) is 9.47. The molecule has 0 aromatic heterocycles. The number of aliphatic hydroxyl groups excluding tert-OH is 1. The van der Waals surface area contributed by atoms with E-state index in [4.69, 9.17) is 4.98 Å². The topological polar surface area (TPSA) is 105 Å². The molecule has 0 saturated carbocycles. The van der Waals surface area contributed by atoms with Gasteiger partial charge in [-0.15, -0.1) is 5.10 Å². The summed E-state index contributed by atoms with van der Waals surface area (Å²) in [6.45, 7) is 14.6. The zero-order valence-electron chi connectivity index (χ0n) is 20.7. The first kappa shape index (κ1) is 24.6. The minimum absolute atomic E-state index is 0.00459. The molecule has 2 heterocycles. The van der Waals surface area contributed by atoms with Crippen LogP contribution in [-0.2, 0) is 6.54 Å². The number of rotatable bonds is 10. The lowest BCUT2D eigenvalue weighted by atomic mass is 10.0. The van der Waals surface area contributed by atoms with Crippen LogP contribution in [0.25, 0.3) is 11.4 Å². The van der Waals surface area contributed by atoms with E-state index in [1.807, 2.05) is 24.3 Å². The molecule has 0 radical (unpaired) electrons. The molecule has 0 spiro atoms. The number of carbonyl (C=O) groups excluding carboxylic acids is 1. The van der Waals surface area contributed by atoms with Gasteiger partial charge in [-0.1, -0.05) is 45.9 Å². The van der Waals surface area contributed by atoms with Gasteiger partial charge in [-0.25, -0.2) is 0 Å². The molecular weight excluding hydrogens is 416 g/mol. The Morgan fingerprint density at radius 2 is 1.85 bits per heavy atom. The SMILES string of the molecule is CC(=O)c1cccc(CNc2nc(NC(CO)C(C)C)n(C(C)C)c3c(C(C)C)nnc2-3)c1. The van der Waals surface area contributed by atoms with Crippen molar-refractivity contribution in [3.63, 3.8) is 0 Å². The Morgan fingerprint density at radius 1 is 1.12 bits per heavy atom. The van der Waals surface area contributed by atoms with Crippen molar-refractivity contribution in [2.24, 2.45) is 5.92 Å². The molecule has 2 aliphatic heterocycles. The van der Waals surface area contributed by atoms with Crippen LogP contribution in [0.3, 0.4) is 0 Å². The number of aliphatic hydroxyl groups is 1. The Labute approximate surface area is 196 Å². The van der Waals surface area contributed by atoms with Gasteiger partial charge in [0.25, 0.3) is 0 Å². The summed E-state index contributed by atoms with van der Waals surface area (Å²) in [6, 6.07) is 7.53. The Kier molecular flexibility index (Phi) is 7.68. The fraction of sp³-hybridized carbons (Fsp3) is 0.520. The number of benzene rings is 1. The molecule has 0 saturated heterocycles. The molecule has 0 aliphatic carbocycles. The van der Waals surface area contributed by atoms with Crippen molar-refractivity contribution < 1.29 is 9.90 Å². The monoisotopic (exact) mass is 452 g/mol. The summed E-state index contributed by atoms with van der Waals surface area (Å²) in [7, 11) is 0. The number of Topliss-reactive ketones (excluding diaryl/α,β-unsaturated/α-hetero) is 1. The minimum atomic E-state index is -0.140. The molecule has 1 atom stereocenters. The fourth-order valence-corrected chi connectivity index (χ4v) is 3.83. The van der Waals surface area contributed by atoms with Gasteiger partial charge in [-0.2, -0.15) is 10.1 Å². The highest BCUT2D eigenvalue weighted by molar-refractivity contribution is 5.94. The highest BCUT2D eigenvalue weighted by Crippen LogP contribution is 2.37. The maximum atomic E-state index is 11.8. The lowest BCUT2D eigenvalue weighted by molar-refractivity contribution is 0.101. The van der Waals surface area contributed by atoms with Crippen LogP contribution in [0.4, 0.5) is 11.8 Å². The Bertz CT molecular complexity index is 1070. The second kappa shape index (κ2) is 10.3. The zero-order valence-corrected chi connectivity index (χ0v) is 20.7. The molecule has 0 bridgehead atoms. The predicted molar refractivity (Wildman–Crippen MR) is 132 cm³/mol. The number of hydrogen-bond acceptors (Lipinski definition) is 7. The number of nitrogens with zero attached hydrogens (tertiary/aromatic N) is 4. The summed E-state index contributed by atoms with van der Waals surface area (Å²) in [5.74, 6) is 1.74. The first-order valence-electron chi connectivity index (χ1n) is 11.6. The molecule has 33 heavy (non-hydrogen) atoms. The Balaban J connectivity index is 2.08.